The minimum absolute atomic E-state index is 0.00726. The van der Waals surface area contributed by atoms with Crippen molar-refractivity contribution in [2.24, 2.45) is 36.6 Å². The van der Waals surface area contributed by atoms with Gasteiger partial charge in [0.15, 0.2) is 0 Å². The van der Waals surface area contributed by atoms with E-state index in [0.29, 0.717) is 50.5 Å². The Hall–Kier alpha value is -3.92. The SMILES string of the molecule is CCC1C=C(C)CC(C)CC(OC)C2OC(O)(C(=O)C(=O)N3CCCCC3C(=O)OC(C(C)=CC3CCC(Oc4ccc5c(ccn5C)c4)C(OC(C)C)C3)C(C)C(O)CC1=O)C(C)CC2OC. The molecule has 1 aromatic carbocycles. The number of methoxy groups -OCH3 is 2. The van der Waals surface area contributed by atoms with Crippen molar-refractivity contribution in [3.8, 4) is 5.75 Å². The number of aliphatic hydroxyl groups is 2. The van der Waals surface area contributed by atoms with Crippen LogP contribution in [-0.2, 0) is 49.9 Å². The van der Waals surface area contributed by atoms with Crippen LogP contribution in [0.4, 0.5) is 0 Å². The first-order valence-corrected chi connectivity index (χ1v) is 25.2. The van der Waals surface area contributed by atoms with Crippen molar-refractivity contribution in [1.29, 1.82) is 0 Å². The highest BCUT2D eigenvalue weighted by atomic mass is 16.7. The molecule has 1 saturated carbocycles. The van der Waals surface area contributed by atoms with Crippen LogP contribution in [0.2, 0.25) is 0 Å². The molecule has 2 N–H and O–H groups in total. The third-order valence-electron chi connectivity index (χ3n) is 15.2. The lowest BCUT2D eigenvalue weighted by atomic mass is 9.81. The van der Waals surface area contributed by atoms with E-state index >= 15 is 0 Å². The zero-order chi connectivity index (χ0) is 49.6. The second-order valence-corrected chi connectivity index (χ2v) is 20.8. The summed E-state index contributed by atoms with van der Waals surface area (Å²) in [5, 5.41) is 25.2. The topological polar surface area (TPSA) is 172 Å². The van der Waals surface area contributed by atoms with Crippen LogP contribution in [-0.4, -0.2) is 125 Å². The van der Waals surface area contributed by atoms with Gasteiger partial charge in [-0.2, -0.15) is 0 Å². The molecule has 0 radical (unpaired) electrons. The third kappa shape index (κ3) is 12.3. The summed E-state index contributed by atoms with van der Waals surface area (Å²) in [7, 11) is 5.10. The van der Waals surface area contributed by atoms with Gasteiger partial charge in [-0.25, -0.2) is 4.79 Å². The lowest BCUT2D eigenvalue weighted by Crippen LogP contribution is -2.64. The molecular weight excluding hydrogens is 869 g/mol. The van der Waals surface area contributed by atoms with Crippen molar-refractivity contribution in [2.45, 2.75) is 187 Å². The van der Waals surface area contributed by atoms with Gasteiger partial charge in [-0.05, 0) is 134 Å². The number of aliphatic hydroxyl groups excluding tert-OH is 1. The monoisotopic (exact) mass is 949 g/mol. The van der Waals surface area contributed by atoms with Crippen molar-refractivity contribution in [3.05, 3.63) is 53.8 Å². The van der Waals surface area contributed by atoms with Crippen molar-refractivity contribution in [1.82, 2.24) is 9.47 Å². The van der Waals surface area contributed by atoms with Crippen molar-refractivity contribution in [2.75, 3.05) is 20.8 Å². The largest absolute Gasteiger partial charge is 0.488 e. The second-order valence-electron chi connectivity index (χ2n) is 20.8. The summed E-state index contributed by atoms with van der Waals surface area (Å²) in [6.45, 7) is 15.4. The average molecular weight is 949 g/mol. The van der Waals surface area contributed by atoms with Crippen LogP contribution in [0.1, 0.15) is 126 Å². The van der Waals surface area contributed by atoms with Crippen molar-refractivity contribution < 1.29 is 57.8 Å². The summed E-state index contributed by atoms with van der Waals surface area (Å²) in [4.78, 5) is 58.7. The van der Waals surface area contributed by atoms with Crippen molar-refractivity contribution in [3.63, 3.8) is 0 Å². The molecule has 14 nitrogen and oxygen atoms in total. The summed E-state index contributed by atoms with van der Waals surface area (Å²) in [5.74, 6) is -6.72. The number of carbonyl (C=O) groups excluding carboxylic acids is 4. The molecule has 3 fully saturated rings. The van der Waals surface area contributed by atoms with Crippen molar-refractivity contribution >= 4 is 34.3 Å². The molecule has 2 aromatic rings. The molecule has 6 rings (SSSR count). The second kappa shape index (κ2) is 23.3. The van der Waals surface area contributed by atoms with Crippen LogP contribution in [0.15, 0.2) is 53.8 Å². The number of esters is 1. The molecule has 2 bridgehead atoms. The number of aromatic nitrogens is 1. The van der Waals surface area contributed by atoms with Gasteiger partial charge in [0.05, 0.1) is 30.5 Å². The van der Waals surface area contributed by atoms with E-state index in [1.807, 2.05) is 60.0 Å². The highest BCUT2D eigenvalue weighted by Crippen LogP contribution is 2.40. The summed E-state index contributed by atoms with van der Waals surface area (Å²) in [5.41, 5.74) is 2.82. The molecule has 1 aliphatic carbocycles. The van der Waals surface area contributed by atoms with E-state index in [1.54, 1.807) is 28.1 Å². The van der Waals surface area contributed by atoms with Gasteiger partial charge < -0.3 is 48.1 Å². The number of ether oxygens (including phenoxy) is 6. The summed E-state index contributed by atoms with van der Waals surface area (Å²) in [6.07, 6.45) is 6.60. The Kier molecular flexibility index (Phi) is 18.3. The van der Waals surface area contributed by atoms with Crippen LogP contribution < -0.4 is 4.74 Å². The normalized spacial score (nSPS) is 35.7. The molecule has 0 spiro atoms. The van der Waals surface area contributed by atoms with Crippen LogP contribution in [0.5, 0.6) is 5.75 Å². The molecule has 4 heterocycles. The van der Waals surface area contributed by atoms with E-state index in [0.717, 1.165) is 28.6 Å². The van der Waals surface area contributed by atoms with Gasteiger partial charge >= 0.3 is 5.97 Å². The number of allylic oxidation sites excluding steroid dienone is 3. The van der Waals surface area contributed by atoms with Gasteiger partial charge in [-0.15, -0.1) is 0 Å². The number of cyclic esters (lactones) is 1. The van der Waals surface area contributed by atoms with Gasteiger partial charge in [0.25, 0.3) is 11.7 Å². The van der Waals surface area contributed by atoms with E-state index < -0.39 is 77.8 Å². The Morgan fingerprint density at radius 2 is 1.66 bits per heavy atom. The molecule has 3 aliphatic heterocycles. The number of piperidine rings is 1. The van der Waals surface area contributed by atoms with E-state index in [1.165, 1.54) is 4.90 Å². The zero-order valence-electron chi connectivity index (χ0n) is 42.5. The highest BCUT2D eigenvalue weighted by Gasteiger charge is 2.56. The number of hydrogen-bond donors (Lipinski definition) is 2. The van der Waals surface area contributed by atoms with E-state index in [2.05, 4.69) is 35.8 Å². The number of benzene rings is 1. The molecule has 14 heteroatoms. The molecule has 14 unspecified atom stereocenters. The number of ketones is 2. The first kappa shape index (κ1) is 53.4. The van der Waals surface area contributed by atoms with Gasteiger partial charge in [0.1, 0.15) is 35.9 Å². The molecule has 68 heavy (non-hydrogen) atoms. The number of Topliss-reactive ketones (excluding diaryl/α,β-unsaturated/α-hetero) is 2. The average Bonchev–Trinajstić information content (AvgIpc) is 3.68. The predicted octanol–water partition coefficient (Wildman–Crippen LogP) is 7.83. The number of aryl methyl sites for hydroxylation is 1. The fourth-order valence-corrected chi connectivity index (χ4v) is 11.3. The van der Waals surface area contributed by atoms with Gasteiger partial charge in [-0.3, -0.25) is 14.4 Å². The van der Waals surface area contributed by atoms with Crippen LogP contribution in [0.25, 0.3) is 10.9 Å². The summed E-state index contributed by atoms with van der Waals surface area (Å²) < 4.78 is 39.8. The molecule has 1 amide bonds. The van der Waals surface area contributed by atoms with E-state index in [9.17, 15) is 29.4 Å². The molecule has 378 valence electrons. The van der Waals surface area contributed by atoms with Gasteiger partial charge in [0, 0.05) is 69.1 Å². The smallest absolute Gasteiger partial charge is 0.329 e. The fourth-order valence-electron chi connectivity index (χ4n) is 11.3. The standard InChI is InChI=1S/C54H80N2O12/c1-12-38-24-32(4)23-33(5)25-47(63-10)50-48(64-11)27-35(7)54(62,68-50)51(59)52(60)56-21-14-13-15-42(56)53(61)67-49(36(8)43(57)30-44(38)58)34(6)26-37-16-19-45(46(28-37)65-31(2)3)66-40-17-18-41-39(29-40)20-22-55(41)9/h17-18,20,22,24,26,29,31,33,35-38,42-43,45-50,57,62H,12-16,19,21,23,25,27-28,30H2,1-11H3. The van der Waals surface area contributed by atoms with Crippen LogP contribution in [0.3, 0.4) is 0 Å². The Balaban J connectivity index is 1.32. The quantitative estimate of drug-likeness (QED) is 0.142. The maximum atomic E-state index is 14.6. The predicted molar refractivity (Wildman–Crippen MR) is 259 cm³/mol. The maximum absolute atomic E-state index is 14.6. The Morgan fingerprint density at radius 1 is 0.941 bits per heavy atom. The number of rotatable bonds is 9. The lowest BCUT2D eigenvalue weighted by molar-refractivity contribution is -0.302. The molecule has 1 aromatic heterocycles. The summed E-state index contributed by atoms with van der Waals surface area (Å²) in [6, 6.07) is 7.03. The Labute approximate surface area is 404 Å². The number of hydrogen-bond acceptors (Lipinski definition) is 12. The minimum Gasteiger partial charge on any atom is -0.488 e. The van der Waals surface area contributed by atoms with E-state index in [4.69, 9.17) is 28.4 Å². The molecule has 2 saturated heterocycles. The molecule has 4 aliphatic rings. The lowest BCUT2D eigenvalue weighted by Gasteiger charge is -2.47. The Bertz CT molecular complexity index is 2130. The van der Waals surface area contributed by atoms with Gasteiger partial charge in [-0.1, -0.05) is 45.4 Å². The zero-order valence-corrected chi connectivity index (χ0v) is 42.5. The van der Waals surface area contributed by atoms with Crippen LogP contribution in [0, 0.1) is 29.6 Å². The minimum atomic E-state index is -2.51. The number of fused-ring (bicyclic) bond motifs is 4. The summed E-state index contributed by atoms with van der Waals surface area (Å²) >= 11 is 0. The molecular formula is C54H80N2O12. The van der Waals surface area contributed by atoms with Crippen LogP contribution >= 0.6 is 0 Å². The first-order chi connectivity index (χ1) is 32.3. The highest BCUT2D eigenvalue weighted by molar-refractivity contribution is 6.39. The van der Waals surface area contributed by atoms with E-state index in [-0.39, 0.29) is 61.7 Å². The first-order valence-electron chi connectivity index (χ1n) is 25.2. The number of carbonyl (C=O) groups is 4. The van der Waals surface area contributed by atoms with Gasteiger partial charge in [0.2, 0.25) is 5.79 Å². The number of nitrogens with zero attached hydrogens (tertiary/aromatic N) is 2. The molecule has 14 atom stereocenters. The fraction of sp³-hybridized carbons (Fsp3) is 0.704. The maximum Gasteiger partial charge on any atom is 0.329 e. The number of amides is 1. The Morgan fingerprint density at radius 3 is 2.35 bits per heavy atom. The third-order valence-corrected chi connectivity index (χ3v) is 15.2.